The van der Waals surface area contributed by atoms with Crippen LogP contribution in [0.15, 0.2) is 0 Å². The van der Waals surface area contributed by atoms with E-state index in [0.29, 0.717) is 0 Å². The SMILES string of the molecule is CO[PH](=O)CCC(O)C#N. The Kier molecular flexibility index (Phi) is 5.23. The van der Waals surface area contributed by atoms with Crippen molar-refractivity contribution in [1.82, 2.24) is 0 Å². The molecule has 10 heavy (non-hydrogen) atoms. The van der Waals surface area contributed by atoms with Gasteiger partial charge in [0.2, 0.25) is 0 Å². The van der Waals surface area contributed by atoms with Gasteiger partial charge in [-0.2, -0.15) is 5.26 Å². The lowest BCUT2D eigenvalue weighted by Crippen LogP contribution is -2.03. The molecule has 0 saturated heterocycles. The van der Waals surface area contributed by atoms with Crippen molar-refractivity contribution in [2.75, 3.05) is 13.3 Å². The quantitative estimate of drug-likeness (QED) is 0.480. The number of hydrogen-bond acceptors (Lipinski definition) is 4. The summed E-state index contributed by atoms with van der Waals surface area (Å²) in [6, 6.07) is 1.62. The summed E-state index contributed by atoms with van der Waals surface area (Å²) < 4.78 is 15.0. The van der Waals surface area contributed by atoms with Gasteiger partial charge in [0.25, 0.3) is 0 Å². The smallest absolute Gasteiger partial charge is 0.191 e. The Hall–Kier alpha value is -0.360. The first-order valence-corrected chi connectivity index (χ1v) is 4.37. The van der Waals surface area contributed by atoms with Crippen molar-refractivity contribution in [1.29, 1.82) is 5.26 Å². The summed E-state index contributed by atoms with van der Waals surface area (Å²) in [5, 5.41) is 16.8. The van der Waals surface area contributed by atoms with Crippen LogP contribution in [-0.2, 0) is 9.09 Å². The zero-order valence-corrected chi connectivity index (χ0v) is 6.70. The van der Waals surface area contributed by atoms with Crippen molar-refractivity contribution in [2.24, 2.45) is 0 Å². The van der Waals surface area contributed by atoms with Gasteiger partial charge in [0.1, 0.15) is 6.10 Å². The van der Waals surface area contributed by atoms with Crippen LogP contribution < -0.4 is 0 Å². The first kappa shape index (κ1) is 9.64. The second-order valence-electron chi connectivity index (χ2n) is 1.76. The number of nitriles is 1. The topological polar surface area (TPSA) is 70.3 Å². The maximum absolute atomic E-state index is 10.6. The molecule has 0 radical (unpaired) electrons. The van der Waals surface area contributed by atoms with Crippen LogP contribution in [-0.4, -0.2) is 24.5 Å². The molecule has 0 aromatic carbocycles. The van der Waals surface area contributed by atoms with Crippen molar-refractivity contribution in [2.45, 2.75) is 12.5 Å². The molecule has 0 saturated carbocycles. The molecular formula is C5H10NO3P. The van der Waals surface area contributed by atoms with Crippen LogP contribution in [0.2, 0.25) is 0 Å². The summed E-state index contributed by atoms with van der Waals surface area (Å²) in [6.07, 6.45) is -0.512. The minimum atomic E-state index is -2.00. The maximum atomic E-state index is 10.6. The standard InChI is InChI=1S/C5H10NO3P/c1-9-10(8)3-2-5(7)4-6/h5,7,10H,2-3H2,1H3. The van der Waals surface area contributed by atoms with Crippen LogP contribution in [0.1, 0.15) is 6.42 Å². The number of hydrogen-bond donors (Lipinski definition) is 1. The Morgan fingerprint density at radius 2 is 2.50 bits per heavy atom. The van der Waals surface area contributed by atoms with Gasteiger partial charge in [-0.1, -0.05) is 0 Å². The predicted octanol–water partition coefficient (Wildman–Crippen LogP) is 0.382. The van der Waals surface area contributed by atoms with E-state index in [1.165, 1.54) is 7.11 Å². The van der Waals surface area contributed by atoms with Crippen LogP contribution in [0.25, 0.3) is 0 Å². The van der Waals surface area contributed by atoms with Crippen LogP contribution in [0.3, 0.4) is 0 Å². The van der Waals surface area contributed by atoms with E-state index in [1.54, 1.807) is 6.07 Å². The van der Waals surface area contributed by atoms with Gasteiger partial charge in [0, 0.05) is 13.3 Å². The highest BCUT2D eigenvalue weighted by Gasteiger charge is 2.03. The number of nitrogens with zero attached hydrogens (tertiary/aromatic N) is 1. The molecule has 4 nitrogen and oxygen atoms in total. The van der Waals surface area contributed by atoms with Crippen molar-refractivity contribution >= 4 is 8.03 Å². The van der Waals surface area contributed by atoms with E-state index in [2.05, 4.69) is 4.52 Å². The average Bonchev–Trinajstić information content (AvgIpc) is 1.99. The first-order valence-electron chi connectivity index (χ1n) is 2.85. The van der Waals surface area contributed by atoms with Crippen LogP contribution in [0, 0.1) is 11.3 Å². The fourth-order valence-electron chi connectivity index (χ4n) is 0.421. The predicted molar refractivity (Wildman–Crippen MR) is 37.1 cm³/mol. The normalized spacial score (nSPS) is 15.7. The molecule has 0 bridgehead atoms. The molecule has 0 amide bonds. The molecule has 0 aromatic heterocycles. The van der Waals surface area contributed by atoms with E-state index in [9.17, 15) is 4.57 Å². The van der Waals surface area contributed by atoms with Crippen LogP contribution in [0.4, 0.5) is 0 Å². The van der Waals surface area contributed by atoms with E-state index in [0.717, 1.165) is 0 Å². The first-order chi connectivity index (χ1) is 4.70. The molecule has 0 aliphatic rings. The monoisotopic (exact) mass is 163 g/mol. The lowest BCUT2D eigenvalue weighted by atomic mass is 10.3. The van der Waals surface area contributed by atoms with Gasteiger partial charge in [-0.05, 0) is 6.42 Å². The Bertz CT molecular complexity index is 153. The largest absolute Gasteiger partial charge is 0.378 e. The Morgan fingerprint density at radius 1 is 1.90 bits per heavy atom. The van der Waals surface area contributed by atoms with E-state index in [1.807, 2.05) is 0 Å². The van der Waals surface area contributed by atoms with Crippen molar-refractivity contribution in [3.8, 4) is 6.07 Å². The van der Waals surface area contributed by atoms with E-state index in [4.69, 9.17) is 10.4 Å². The van der Waals surface area contributed by atoms with E-state index >= 15 is 0 Å². The maximum Gasteiger partial charge on any atom is 0.191 e. The van der Waals surface area contributed by atoms with Crippen LogP contribution >= 0.6 is 8.03 Å². The minimum Gasteiger partial charge on any atom is -0.378 e. The van der Waals surface area contributed by atoms with E-state index < -0.39 is 14.1 Å². The van der Waals surface area contributed by atoms with Gasteiger partial charge in [-0.25, -0.2) is 0 Å². The molecule has 0 aliphatic heterocycles. The van der Waals surface area contributed by atoms with Crippen molar-refractivity contribution in [3.05, 3.63) is 0 Å². The van der Waals surface area contributed by atoms with Gasteiger partial charge >= 0.3 is 0 Å². The second kappa shape index (κ2) is 5.43. The molecule has 0 fully saturated rings. The molecule has 5 heteroatoms. The molecule has 2 unspecified atom stereocenters. The Morgan fingerprint density at radius 3 is 2.90 bits per heavy atom. The third kappa shape index (κ3) is 4.51. The van der Waals surface area contributed by atoms with Crippen molar-refractivity contribution in [3.63, 3.8) is 0 Å². The third-order valence-electron chi connectivity index (χ3n) is 0.999. The molecule has 58 valence electrons. The summed E-state index contributed by atoms with van der Waals surface area (Å²) in [5.74, 6) is 0. The fraction of sp³-hybridized carbons (Fsp3) is 0.800. The summed E-state index contributed by atoms with van der Waals surface area (Å²) in [6.45, 7) is 0. The summed E-state index contributed by atoms with van der Waals surface area (Å²) in [4.78, 5) is 0. The lowest BCUT2D eigenvalue weighted by Gasteiger charge is -1.99. The lowest BCUT2D eigenvalue weighted by molar-refractivity contribution is 0.225. The molecule has 0 spiro atoms. The van der Waals surface area contributed by atoms with Gasteiger partial charge in [-0.15, -0.1) is 0 Å². The van der Waals surface area contributed by atoms with E-state index in [-0.39, 0.29) is 12.6 Å². The molecule has 0 heterocycles. The van der Waals surface area contributed by atoms with Crippen LogP contribution in [0.5, 0.6) is 0 Å². The number of rotatable bonds is 4. The van der Waals surface area contributed by atoms with Gasteiger partial charge < -0.3 is 9.63 Å². The third-order valence-corrected chi connectivity index (χ3v) is 2.15. The summed E-state index contributed by atoms with van der Waals surface area (Å²) >= 11 is 0. The number of aliphatic hydroxyl groups excluding tert-OH is 1. The second-order valence-corrected chi connectivity index (χ2v) is 3.41. The Labute approximate surface area is 60.3 Å². The highest BCUT2D eigenvalue weighted by Crippen LogP contribution is 2.21. The molecule has 2 atom stereocenters. The Balaban J connectivity index is 3.37. The fourth-order valence-corrected chi connectivity index (χ4v) is 1.13. The van der Waals surface area contributed by atoms with Gasteiger partial charge in [-0.3, -0.25) is 4.57 Å². The average molecular weight is 163 g/mol. The zero-order chi connectivity index (χ0) is 7.98. The number of aliphatic hydroxyl groups is 1. The summed E-state index contributed by atoms with van der Waals surface area (Å²) in [5.41, 5.74) is 0. The zero-order valence-electron chi connectivity index (χ0n) is 5.70. The summed E-state index contributed by atoms with van der Waals surface area (Å²) in [7, 11) is -0.648. The molecule has 0 aromatic rings. The molecule has 0 aliphatic carbocycles. The van der Waals surface area contributed by atoms with Gasteiger partial charge in [0.15, 0.2) is 8.03 Å². The van der Waals surface area contributed by atoms with Gasteiger partial charge in [0.05, 0.1) is 6.07 Å². The van der Waals surface area contributed by atoms with Crippen molar-refractivity contribution < 1.29 is 14.2 Å². The highest BCUT2D eigenvalue weighted by molar-refractivity contribution is 7.39. The minimum absolute atomic E-state index is 0.224. The molecule has 1 N–H and O–H groups in total. The molecular weight excluding hydrogens is 153 g/mol. The molecule has 0 rings (SSSR count). The highest BCUT2D eigenvalue weighted by atomic mass is 31.1.